The molecule has 1 aromatic heterocycles. The van der Waals surface area contributed by atoms with Crippen molar-refractivity contribution < 1.29 is 9.13 Å². The summed E-state index contributed by atoms with van der Waals surface area (Å²) in [5.41, 5.74) is 2.58. The highest BCUT2D eigenvalue weighted by Gasteiger charge is 2.33. The Hall–Kier alpha value is -2.82. The van der Waals surface area contributed by atoms with Crippen LogP contribution in [0.15, 0.2) is 59.4 Å². The summed E-state index contributed by atoms with van der Waals surface area (Å²) < 4.78 is 22.4. The van der Waals surface area contributed by atoms with E-state index in [1.807, 2.05) is 42.1 Å². The first-order chi connectivity index (χ1) is 12.1. The first-order valence-electron chi connectivity index (χ1n) is 8.39. The average molecular weight is 338 g/mol. The van der Waals surface area contributed by atoms with Gasteiger partial charge in [-0.1, -0.05) is 18.2 Å². The number of aromatic nitrogens is 2. The largest absolute Gasteiger partial charge is 0.487 e. The number of rotatable bonds is 5. The Morgan fingerprint density at radius 3 is 2.40 bits per heavy atom. The molecule has 1 saturated carbocycles. The molecule has 1 fully saturated rings. The number of halogens is 1. The van der Waals surface area contributed by atoms with Crippen LogP contribution in [0.4, 0.5) is 4.39 Å². The zero-order chi connectivity index (χ0) is 17.4. The maximum Gasteiger partial charge on any atom is 0.275 e. The van der Waals surface area contributed by atoms with Crippen LogP contribution in [-0.4, -0.2) is 9.36 Å². The van der Waals surface area contributed by atoms with Crippen molar-refractivity contribution in [3.8, 4) is 11.4 Å². The number of hydrogen-bond acceptors (Lipinski definition) is 2. The Bertz CT molecular complexity index is 938. The van der Waals surface area contributed by atoms with E-state index in [0.717, 1.165) is 29.8 Å². The van der Waals surface area contributed by atoms with Crippen LogP contribution >= 0.6 is 0 Å². The van der Waals surface area contributed by atoms with E-state index in [0.29, 0.717) is 11.7 Å². The van der Waals surface area contributed by atoms with E-state index >= 15 is 0 Å². The van der Waals surface area contributed by atoms with Gasteiger partial charge in [0.15, 0.2) is 0 Å². The van der Waals surface area contributed by atoms with Crippen molar-refractivity contribution in [2.45, 2.75) is 25.4 Å². The summed E-state index contributed by atoms with van der Waals surface area (Å²) in [7, 11) is 1.88. The van der Waals surface area contributed by atoms with Gasteiger partial charge in [-0.2, -0.15) is 0 Å². The topological polar surface area (TPSA) is 36.2 Å². The molecule has 0 amide bonds. The van der Waals surface area contributed by atoms with Crippen molar-refractivity contribution >= 4 is 0 Å². The van der Waals surface area contributed by atoms with Crippen molar-refractivity contribution in [2.75, 3.05) is 0 Å². The molecule has 2 aromatic carbocycles. The van der Waals surface area contributed by atoms with E-state index in [-0.39, 0.29) is 18.0 Å². The van der Waals surface area contributed by atoms with Gasteiger partial charge in [-0.3, -0.25) is 9.48 Å². The molecule has 3 aromatic rings. The zero-order valence-corrected chi connectivity index (χ0v) is 14.0. The fourth-order valence-corrected chi connectivity index (χ4v) is 3.16. The molecular weight excluding hydrogens is 319 g/mol. The molecule has 128 valence electrons. The fraction of sp³-hybridized carbons (Fsp3) is 0.250. The van der Waals surface area contributed by atoms with Crippen molar-refractivity contribution in [3.63, 3.8) is 0 Å². The predicted molar refractivity (Wildman–Crippen MR) is 93.7 cm³/mol. The third-order valence-corrected chi connectivity index (χ3v) is 4.60. The Morgan fingerprint density at radius 1 is 1.08 bits per heavy atom. The Balaban J connectivity index is 1.71. The van der Waals surface area contributed by atoms with Gasteiger partial charge in [0.25, 0.3) is 5.56 Å². The van der Waals surface area contributed by atoms with Gasteiger partial charge in [-0.05, 0) is 55.2 Å². The number of hydrogen-bond donors (Lipinski definition) is 0. The second-order valence-corrected chi connectivity index (χ2v) is 6.35. The van der Waals surface area contributed by atoms with Crippen LogP contribution in [0.1, 0.15) is 30.0 Å². The van der Waals surface area contributed by atoms with Crippen molar-refractivity contribution in [3.05, 3.63) is 82.0 Å². The molecule has 0 atom stereocenters. The van der Waals surface area contributed by atoms with Gasteiger partial charge in [-0.15, -0.1) is 0 Å². The van der Waals surface area contributed by atoms with Gasteiger partial charge >= 0.3 is 0 Å². The molecule has 0 N–H and O–H groups in total. The number of nitrogens with zero attached hydrogens (tertiary/aromatic N) is 2. The molecule has 4 rings (SSSR count). The van der Waals surface area contributed by atoms with E-state index in [1.54, 1.807) is 16.8 Å². The second kappa shape index (κ2) is 6.24. The van der Waals surface area contributed by atoms with Crippen LogP contribution in [0, 0.1) is 5.82 Å². The first-order valence-corrected chi connectivity index (χ1v) is 8.39. The Labute approximate surface area is 145 Å². The molecule has 4 nitrogen and oxygen atoms in total. The van der Waals surface area contributed by atoms with Gasteiger partial charge in [0.05, 0.1) is 11.4 Å². The van der Waals surface area contributed by atoms with Crippen LogP contribution in [0.3, 0.4) is 0 Å². The van der Waals surface area contributed by atoms with Gasteiger partial charge in [-0.25, -0.2) is 9.07 Å². The van der Waals surface area contributed by atoms with Crippen molar-refractivity contribution in [1.29, 1.82) is 0 Å². The minimum atomic E-state index is -0.298. The number of ether oxygens (including phenoxy) is 1. The average Bonchev–Trinajstić information content (AvgIpc) is 3.42. The van der Waals surface area contributed by atoms with E-state index in [9.17, 15) is 9.18 Å². The minimum Gasteiger partial charge on any atom is -0.487 e. The van der Waals surface area contributed by atoms with Gasteiger partial charge in [0.2, 0.25) is 0 Å². The Kier molecular flexibility index (Phi) is 3.92. The molecule has 0 spiro atoms. The highest BCUT2D eigenvalue weighted by atomic mass is 19.1. The van der Waals surface area contributed by atoms with Crippen LogP contribution in [0.25, 0.3) is 5.69 Å². The molecule has 5 heteroatoms. The second-order valence-electron chi connectivity index (χ2n) is 6.35. The predicted octanol–water partition coefficient (Wildman–Crippen LogP) is 3.77. The summed E-state index contributed by atoms with van der Waals surface area (Å²) in [4.78, 5) is 13.0. The molecule has 0 unspecified atom stereocenters. The lowest BCUT2D eigenvalue weighted by Crippen LogP contribution is -2.20. The number of para-hydroxylation sites is 1. The molecule has 0 radical (unpaired) electrons. The molecule has 1 heterocycles. The lowest BCUT2D eigenvalue weighted by Gasteiger charge is -2.11. The molecule has 0 bridgehead atoms. The van der Waals surface area contributed by atoms with E-state index in [1.165, 1.54) is 12.1 Å². The normalized spacial score (nSPS) is 13.8. The minimum absolute atomic E-state index is 0.0221. The quantitative estimate of drug-likeness (QED) is 0.710. The maximum absolute atomic E-state index is 13.0. The summed E-state index contributed by atoms with van der Waals surface area (Å²) in [6, 6.07) is 15.5. The molecule has 0 saturated heterocycles. The van der Waals surface area contributed by atoms with Gasteiger partial charge < -0.3 is 4.74 Å². The van der Waals surface area contributed by atoms with Crippen LogP contribution < -0.4 is 10.3 Å². The van der Waals surface area contributed by atoms with E-state index in [4.69, 9.17) is 4.74 Å². The summed E-state index contributed by atoms with van der Waals surface area (Å²) in [6.07, 6.45) is 2.08. The highest BCUT2D eigenvalue weighted by molar-refractivity contribution is 5.36. The molecular formula is C20H19FN2O2. The fourth-order valence-electron chi connectivity index (χ4n) is 3.16. The third-order valence-electron chi connectivity index (χ3n) is 4.60. The monoisotopic (exact) mass is 338 g/mol. The molecule has 25 heavy (non-hydrogen) atoms. The van der Waals surface area contributed by atoms with Crippen molar-refractivity contribution in [2.24, 2.45) is 7.05 Å². The Morgan fingerprint density at radius 2 is 1.76 bits per heavy atom. The van der Waals surface area contributed by atoms with Gasteiger partial charge in [0, 0.05) is 12.6 Å². The molecule has 1 aliphatic rings. The summed E-state index contributed by atoms with van der Waals surface area (Å²) >= 11 is 0. The zero-order valence-electron chi connectivity index (χ0n) is 14.0. The van der Waals surface area contributed by atoms with E-state index in [2.05, 4.69) is 0 Å². The third kappa shape index (κ3) is 2.97. The SMILES string of the molecule is Cn1c(COc2ccc(F)cc2)c(C2CC2)c(=O)n1-c1ccccc1. The lowest BCUT2D eigenvalue weighted by atomic mass is 10.1. The molecule has 1 aliphatic carbocycles. The smallest absolute Gasteiger partial charge is 0.275 e. The van der Waals surface area contributed by atoms with Crippen LogP contribution in [-0.2, 0) is 13.7 Å². The summed E-state index contributed by atoms with van der Waals surface area (Å²) in [6.45, 7) is 0.281. The lowest BCUT2D eigenvalue weighted by molar-refractivity contribution is 0.291. The van der Waals surface area contributed by atoms with Gasteiger partial charge in [0.1, 0.15) is 18.2 Å². The van der Waals surface area contributed by atoms with Crippen LogP contribution in [0.2, 0.25) is 0 Å². The first kappa shape index (κ1) is 15.7. The highest BCUT2D eigenvalue weighted by Crippen LogP contribution is 2.40. The summed E-state index contributed by atoms with van der Waals surface area (Å²) in [5, 5.41) is 0. The molecule has 0 aliphatic heterocycles. The van der Waals surface area contributed by atoms with Crippen molar-refractivity contribution in [1.82, 2.24) is 9.36 Å². The maximum atomic E-state index is 13.0. The van der Waals surface area contributed by atoms with Crippen LogP contribution in [0.5, 0.6) is 5.75 Å². The summed E-state index contributed by atoms with van der Waals surface area (Å²) in [5.74, 6) is 0.604. The van der Waals surface area contributed by atoms with E-state index < -0.39 is 0 Å². The number of benzene rings is 2. The standard InChI is InChI=1S/C20H19FN2O2/c1-22-18(13-25-17-11-9-15(21)10-12-17)19(14-7-8-14)20(24)23(22)16-5-3-2-4-6-16/h2-6,9-12,14H,7-8,13H2,1H3.